The normalized spacial score (nSPS) is 13.9. The van der Waals surface area contributed by atoms with Gasteiger partial charge in [0.1, 0.15) is 10.8 Å². The molecule has 3 heterocycles. The number of hydrogen-bond acceptors (Lipinski definition) is 5. The molecule has 1 aliphatic rings. The number of thiophene rings is 1. The summed E-state index contributed by atoms with van der Waals surface area (Å²) < 4.78 is 5.33. The summed E-state index contributed by atoms with van der Waals surface area (Å²) in [6.45, 7) is 1.98. The Bertz CT molecular complexity index is 1270. The highest BCUT2D eigenvalue weighted by Crippen LogP contribution is 2.44. The fourth-order valence-corrected chi connectivity index (χ4v) is 5.76. The van der Waals surface area contributed by atoms with Gasteiger partial charge in [0, 0.05) is 21.2 Å². The van der Waals surface area contributed by atoms with Crippen LogP contribution in [0, 0.1) is 6.92 Å². The number of nitrogens with one attached hydrogen (secondary N) is 2. The van der Waals surface area contributed by atoms with E-state index in [1.54, 1.807) is 23.5 Å². The van der Waals surface area contributed by atoms with E-state index >= 15 is 0 Å². The molecule has 1 unspecified atom stereocenters. The number of amides is 1. The first kappa shape index (κ1) is 21.7. The summed E-state index contributed by atoms with van der Waals surface area (Å²) in [6.07, 6.45) is 5.83. The number of hydrogen-bond donors (Lipinski definition) is 2. The summed E-state index contributed by atoms with van der Waals surface area (Å²) >= 11 is 7.86. The van der Waals surface area contributed by atoms with Crippen LogP contribution >= 0.6 is 22.9 Å². The van der Waals surface area contributed by atoms with Gasteiger partial charge in [0.25, 0.3) is 5.91 Å². The van der Waals surface area contributed by atoms with Crippen molar-refractivity contribution in [3.05, 3.63) is 98.9 Å². The lowest BCUT2D eigenvalue weighted by Gasteiger charge is -2.24. The summed E-state index contributed by atoms with van der Waals surface area (Å²) in [5, 5.41) is 8.30. The minimum atomic E-state index is -0.247. The highest BCUT2D eigenvalue weighted by molar-refractivity contribution is 7.16. The van der Waals surface area contributed by atoms with Crippen LogP contribution in [-0.4, -0.2) is 10.9 Å². The monoisotopic (exact) mass is 477 g/mol. The third kappa shape index (κ3) is 4.68. The maximum absolute atomic E-state index is 12.9. The van der Waals surface area contributed by atoms with Crippen LogP contribution < -0.4 is 10.6 Å². The second-order valence-electron chi connectivity index (χ2n) is 8.18. The van der Waals surface area contributed by atoms with Crippen molar-refractivity contribution in [1.82, 2.24) is 4.98 Å². The standard InChI is InChI=1S/C26H24ClN3O2S/c1-16-6-4-10-22(28-16)29-24(17-11-13-18(27)14-12-17)23-19-7-2-3-9-21(19)33-26(23)30-25(31)20-8-5-15-32-20/h4-6,8,10-15,24H,2-3,7,9H2,1H3,(H,28,29)(H,30,31). The minimum Gasteiger partial charge on any atom is -0.459 e. The van der Waals surface area contributed by atoms with Crippen LogP contribution in [0.25, 0.3) is 0 Å². The lowest BCUT2D eigenvalue weighted by atomic mass is 9.89. The van der Waals surface area contributed by atoms with Crippen molar-refractivity contribution >= 4 is 39.7 Å². The predicted molar refractivity (Wildman–Crippen MR) is 134 cm³/mol. The van der Waals surface area contributed by atoms with Crippen LogP contribution in [0.1, 0.15) is 56.7 Å². The van der Waals surface area contributed by atoms with E-state index in [4.69, 9.17) is 16.0 Å². The molecule has 4 aromatic rings. The van der Waals surface area contributed by atoms with E-state index in [-0.39, 0.29) is 11.9 Å². The summed E-state index contributed by atoms with van der Waals surface area (Å²) in [5.74, 6) is 0.834. The number of fused-ring (bicyclic) bond motifs is 1. The highest BCUT2D eigenvalue weighted by Gasteiger charge is 2.29. The Hall–Kier alpha value is -3.09. The molecule has 1 aliphatic carbocycles. The molecule has 0 saturated heterocycles. The van der Waals surface area contributed by atoms with Crippen molar-refractivity contribution in [1.29, 1.82) is 0 Å². The molecule has 168 valence electrons. The molecule has 0 radical (unpaired) electrons. The number of anilines is 2. The molecule has 33 heavy (non-hydrogen) atoms. The average molecular weight is 478 g/mol. The topological polar surface area (TPSA) is 67.2 Å². The SMILES string of the molecule is Cc1cccc(NC(c2ccc(Cl)cc2)c2c(NC(=O)c3ccco3)sc3c2CCCC3)n1. The molecule has 3 aromatic heterocycles. The van der Waals surface area contributed by atoms with E-state index in [0.29, 0.717) is 10.8 Å². The molecule has 0 bridgehead atoms. The smallest absolute Gasteiger partial charge is 0.291 e. The fourth-order valence-electron chi connectivity index (χ4n) is 4.31. The number of furan rings is 1. The lowest BCUT2D eigenvalue weighted by molar-refractivity contribution is 0.0997. The van der Waals surface area contributed by atoms with Gasteiger partial charge in [-0.05, 0) is 80.1 Å². The summed E-state index contributed by atoms with van der Waals surface area (Å²) in [4.78, 5) is 18.9. The van der Waals surface area contributed by atoms with Crippen molar-refractivity contribution < 1.29 is 9.21 Å². The fraction of sp³-hybridized carbons (Fsp3) is 0.231. The van der Waals surface area contributed by atoms with E-state index in [1.807, 2.05) is 49.4 Å². The Morgan fingerprint density at radius 3 is 2.67 bits per heavy atom. The van der Waals surface area contributed by atoms with Crippen molar-refractivity contribution in [2.24, 2.45) is 0 Å². The van der Waals surface area contributed by atoms with Crippen molar-refractivity contribution in [2.45, 2.75) is 38.6 Å². The number of aryl methyl sites for hydroxylation is 2. The number of halogens is 1. The Morgan fingerprint density at radius 2 is 1.91 bits per heavy atom. The Balaban J connectivity index is 1.61. The van der Waals surface area contributed by atoms with Gasteiger partial charge in [-0.3, -0.25) is 4.79 Å². The summed E-state index contributed by atoms with van der Waals surface area (Å²) in [7, 11) is 0. The third-order valence-corrected chi connectivity index (χ3v) is 7.33. The van der Waals surface area contributed by atoms with Gasteiger partial charge in [-0.1, -0.05) is 29.8 Å². The van der Waals surface area contributed by atoms with Gasteiger partial charge in [-0.25, -0.2) is 4.98 Å². The minimum absolute atomic E-state index is 0.193. The molecule has 0 aliphatic heterocycles. The van der Waals surface area contributed by atoms with Gasteiger partial charge in [-0.2, -0.15) is 0 Å². The van der Waals surface area contributed by atoms with E-state index < -0.39 is 0 Å². The quantitative estimate of drug-likeness (QED) is 0.313. The molecule has 1 amide bonds. The van der Waals surface area contributed by atoms with Crippen molar-refractivity contribution in [2.75, 3.05) is 10.6 Å². The Kier molecular flexibility index (Phi) is 6.20. The number of pyridine rings is 1. The molecule has 1 aromatic carbocycles. The largest absolute Gasteiger partial charge is 0.459 e. The van der Waals surface area contributed by atoms with E-state index in [1.165, 1.54) is 16.7 Å². The highest BCUT2D eigenvalue weighted by atomic mass is 35.5. The number of carbonyl (C=O) groups excluding carboxylic acids is 1. The van der Waals surface area contributed by atoms with Gasteiger partial charge in [0.15, 0.2) is 5.76 Å². The first-order valence-electron chi connectivity index (χ1n) is 11.0. The Morgan fingerprint density at radius 1 is 1.09 bits per heavy atom. The summed E-state index contributed by atoms with van der Waals surface area (Å²) in [5.41, 5.74) is 4.41. The number of aromatic nitrogens is 1. The van der Waals surface area contributed by atoms with Crippen LogP contribution in [0.3, 0.4) is 0 Å². The first-order valence-corrected chi connectivity index (χ1v) is 12.2. The van der Waals surface area contributed by atoms with Gasteiger partial charge in [-0.15, -0.1) is 11.3 Å². The number of nitrogens with zero attached hydrogens (tertiary/aromatic N) is 1. The molecule has 2 N–H and O–H groups in total. The molecule has 1 atom stereocenters. The van der Waals surface area contributed by atoms with Gasteiger partial charge in [0.05, 0.1) is 12.3 Å². The molecule has 0 spiro atoms. The number of rotatable bonds is 6. The second kappa shape index (κ2) is 9.41. The molecule has 0 saturated carbocycles. The van der Waals surface area contributed by atoms with Gasteiger partial charge < -0.3 is 15.1 Å². The van der Waals surface area contributed by atoms with E-state index in [0.717, 1.165) is 53.3 Å². The lowest BCUT2D eigenvalue weighted by Crippen LogP contribution is -2.19. The van der Waals surface area contributed by atoms with Crippen LogP contribution in [0.15, 0.2) is 65.3 Å². The second-order valence-corrected chi connectivity index (χ2v) is 9.72. The zero-order valence-electron chi connectivity index (χ0n) is 18.2. The number of benzene rings is 1. The van der Waals surface area contributed by atoms with Crippen LogP contribution in [-0.2, 0) is 12.8 Å². The van der Waals surface area contributed by atoms with Gasteiger partial charge in [0.2, 0.25) is 0 Å². The van der Waals surface area contributed by atoms with E-state index in [9.17, 15) is 4.79 Å². The third-order valence-electron chi connectivity index (χ3n) is 5.86. The maximum atomic E-state index is 12.9. The molecular weight excluding hydrogens is 454 g/mol. The maximum Gasteiger partial charge on any atom is 0.291 e. The average Bonchev–Trinajstić information content (AvgIpc) is 3.47. The molecule has 5 nitrogen and oxygen atoms in total. The Labute approximate surface area is 201 Å². The molecule has 5 rings (SSSR count). The zero-order chi connectivity index (χ0) is 22.8. The van der Waals surface area contributed by atoms with Crippen LogP contribution in [0.5, 0.6) is 0 Å². The van der Waals surface area contributed by atoms with E-state index in [2.05, 4.69) is 15.6 Å². The van der Waals surface area contributed by atoms with Crippen LogP contribution in [0.4, 0.5) is 10.8 Å². The molecular formula is C26H24ClN3O2S. The molecule has 7 heteroatoms. The summed E-state index contributed by atoms with van der Waals surface area (Å²) in [6, 6.07) is 17.0. The van der Waals surface area contributed by atoms with Crippen LogP contribution in [0.2, 0.25) is 5.02 Å². The van der Waals surface area contributed by atoms with Crippen molar-refractivity contribution in [3.63, 3.8) is 0 Å². The van der Waals surface area contributed by atoms with Crippen molar-refractivity contribution in [3.8, 4) is 0 Å². The zero-order valence-corrected chi connectivity index (χ0v) is 19.8. The molecule has 0 fully saturated rings. The van der Waals surface area contributed by atoms with Gasteiger partial charge >= 0.3 is 0 Å². The first-order chi connectivity index (χ1) is 16.1. The number of carbonyl (C=O) groups is 1. The predicted octanol–water partition coefficient (Wildman–Crippen LogP) is 7.03.